The van der Waals surface area contributed by atoms with Crippen LogP contribution in [0.3, 0.4) is 0 Å². The van der Waals surface area contributed by atoms with Gasteiger partial charge in [0.15, 0.2) is 0 Å². The lowest BCUT2D eigenvalue weighted by Gasteiger charge is -2.29. The van der Waals surface area contributed by atoms with E-state index >= 15 is 0 Å². The summed E-state index contributed by atoms with van der Waals surface area (Å²) in [6.07, 6.45) is 2.19. The monoisotopic (exact) mass is 235 g/mol. The lowest BCUT2D eigenvalue weighted by atomic mass is 9.88. The molecule has 1 aromatic rings. The minimum atomic E-state index is -0.925. The molecule has 1 unspecified atom stereocenters. The molecular weight excluding hydrogens is 214 g/mol. The molecule has 3 N–H and O–H groups in total. The SMILES string of the molecule is CC(C)Oc1ccccc1C(O)(CN)C1CC1. The maximum atomic E-state index is 10.7. The molecule has 17 heavy (non-hydrogen) atoms. The van der Waals surface area contributed by atoms with Crippen molar-refractivity contribution in [3.63, 3.8) is 0 Å². The van der Waals surface area contributed by atoms with Crippen molar-refractivity contribution in [3.8, 4) is 5.75 Å². The number of hydrogen-bond acceptors (Lipinski definition) is 3. The van der Waals surface area contributed by atoms with Gasteiger partial charge < -0.3 is 15.6 Å². The summed E-state index contributed by atoms with van der Waals surface area (Å²) in [4.78, 5) is 0. The number of benzene rings is 1. The average Bonchev–Trinajstić information content (AvgIpc) is 3.12. The highest BCUT2D eigenvalue weighted by Crippen LogP contribution is 2.47. The first-order valence-electron chi connectivity index (χ1n) is 6.26. The number of aliphatic hydroxyl groups is 1. The summed E-state index contributed by atoms with van der Waals surface area (Å²) >= 11 is 0. The number of rotatable bonds is 5. The summed E-state index contributed by atoms with van der Waals surface area (Å²) in [5, 5.41) is 10.7. The Labute approximate surface area is 103 Å². The summed E-state index contributed by atoms with van der Waals surface area (Å²) in [6, 6.07) is 7.66. The van der Waals surface area contributed by atoms with Crippen LogP contribution in [0.2, 0.25) is 0 Å². The lowest BCUT2D eigenvalue weighted by Crippen LogP contribution is -2.37. The zero-order valence-corrected chi connectivity index (χ0v) is 10.5. The van der Waals surface area contributed by atoms with E-state index in [1.807, 2.05) is 38.1 Å². The van der Waals surface area contributed by atoms with Crippen LogP contribution in [0.5, 0.6) is 5.75 Å². The summed E-state index contributed by atoms with van der Waals surface area (Å²) in [5.74, 6) is 1.03. The van der Waals surface area contributed by atoms with Crippen LogP contribution >= 0.6 is 0 Å². The Bertz CT molecular complexity index is 388. The van der Waals surface area contributed by atoms with Crippen LogP contribution < -0.4 is 10.5 Å². The minimum Gasteiger partial charge on any atom is -0.491 e. The van der Waals surface area contributed by atoms with Crippen LogP contribution in [0, 0.1) is 5.92 Å². The van der Waals surface area contributed by atoms with Crippen molar-refractivity contribution >= 4 is 0 Å². The zero-order chi connectivity index (χ0) is 12.5. The van der Waals surface area contributed by atoms with E-state index in [0.717, 1.165) is 24.2 Å². The molecule has 0 bridgehead atoms. The summed E-state index contributed by atoms with van der Waals surface area (Å²) in [7, 11) is 0. The van der Waals surface area contributed by atoms with E-state index in [1.54, 1.807) is 0 Å². The third-order valence-corrected chi connectivity index (χ3v) is 3.28. The first-order chi connectivity index (χ1) is 8.08. The van der Waals surface area contributed by atoms with Gasteiger partial charge >= 0.3 is 0 Å². The highest BCUT2D eigenvalue weighted by molar-refractivity contribution is 5.39. The molecule has 3 heteroatoms. The van der Waals surface area contributed by atoms with Gasteiger partial charge in [-0.25, -0.2) is 0 Å². The molecule has 0 heterocycles. The minimum absolute atomic E-state index is 0.0948. The van der Waals surface area contributed by atoms with Crippen molar-refractivity contribution in [1.29, 1.82) is 0 Å². The third kappa shape index (κ3) is 2.45. The van der Waals surface area contributed by atoms with Crippen molar-refractivity contribution in [3.05, 3.63) is 29.8 Å². The summed E-state index contributed by atoms with van der Waals surface area (Å²) in [6.45, 7) is 4.21. The molecule has 1 atom stereocenters. The standard InChI is InChI=1S/C14H21NO2/c1-10(2)17-13-6-4-3-5-12(13)14(16,9-15)11-7-8-11/h3-6,10-11,16H,7-9,15H2,1-2H3. The van der Waals surface area contributed by atoms with Gasteiger partial charge in [-0.1, -0.05) is 18.2 Å². The van der Waals surface area contributed by atoms with Crippen LogP contribution in [-0.4, -0.2) is 17.8 Å². The van der Waals surface area contributed by atoms with Crippen molar-refractivity contribution in [2.45, 2.75) is 38.4 Å². The normalized spacial score (nSPS) is 19.1. The van der Waals surface area contributed by atoms with Crippen molar-refractivity contribution in [2.75, 3.05) is 6.54 Å². The van der Waals surface area contributed by atoms with Crippen LogP contribution in [0.4, 0.5) is 0 Å². The number of nitrogens with two attached hydrogens (primary N) is 1. The van der Waals surface area contributed by atoms with E-state index in [9.17, 15) is 5.11 Å². The Morgan fingerprint density at radius 2 is 2.06 bits per heavy atom. The molecule has 0 spiro atoms. The van der Waals surface area contributed by atoms with E-state index < -0.39 is 5.60 Å². The van der Waals surface area contributed by atoms with Crippen LogP contribution in [0.25, 0.3) is 0 Å². The molecule has 1 aliphatic carbocycles. The van der Waals surface area contributed by atoms with Crippen molar-refractivity contribution < 1.29 is 9.84 Å². The number of hydrogen-bond donors (Lipinski definition) is 2. The zero-order valence-electron chi connectivity index (χ0n) is 10.5. The van der Waals surface area contributed by atoms with E-state index in [0.29, 0.717) is 0 Å². The first-order valence-corrected chi connectivity index (χ1v) is 6.26. The molecule has 0 amide bonds. The van der Waals surface area contributed by atoms with Gasteiger partial charge in [-0.05, 0) is 38.7 Å². The Morgan fingerprint density at radius 3 is 2.59 bits per heavy atom. The lowest BCUT2D eigenvalue weighted by molar-refractivity contribution is 0.0185. The van der Waals surface area contributed by atoms with Gasteiger partial charge in [0.2, 0.25) is 0 Å². The quantitative estimate of drug-likeness (QED) is 0.821. The van der Waals surface area contributed by atoms with Gasteiger partial charge in [0.25, 0.3) is 0 Å². The number of ether oxygens (including phenoxy) is 1. The fourth-order valence-electron chi connectivity index (χ4n) is 2.24. The van der Waals surface area contributed by atoms with Gasteiger partial charge in [-0.3, -0.25) is 0 Å². The van der Waals surface area contributed by atoms with E-state index in [-0.39, 0.29) is 18.6 Å². The van der Waals surface area contributed by atoms with Gasteiger partial charge in [0, 0.05) is 12.1 Å². The molecule has 0 radical (unpaired) electrons. The van der Waals surface area contributed by atoms with Gasteiger partial charge in [0.05, 0.1) is 6.10 Å². The predicted molar refractivity (Wildman–Crippen MR) is 67.9 cm³/mol. The molecule has 0 aromatic heterocycles. The van der Waals surface area contributed by atoms with Gasteiger partial charge in [0.1, 0.15) is 11.4 Å². The fourth-order valence-corrected chi connectivity index (χ4v) is 2.24. The molecule has 1 saturated carbocycles. The summed E-state index contributed by atoms with van der Waals surface area (Å²) in [5.41, 5.74) is 5.68. The highest BCUT2D eigenvalue weighted by Gasteiger charge is 2.45. The molecule has 2 rings (SSSR count). The molecule has 1 aliphatic rings. The van der Waals surface area contributed by atoms with Gasteiger partial charge in [-0.15, -0.1) is 0 Å². The van der Waals surface area contributed by atoms with Crippen LogP contribution in [0.1, 0.15) is 32.3 Å². The topological polar surface area (TPSA) is 55.5 Å². The second-order valence-electron chi connectivity index (χ2n) is 5.07. The van der Waals surface area contributed by atoms with E-state index in [2.05, 4.69) is 0 Å². The average molecular weight is 235 g/mol. The maximum Gasteiger partial charge on any atom is 0.125 e. The first kappa shape index (κ1) is 12.4. The Kier molecular flexibility index (Phi) is 3.40. The smallest absolute Gasteiger partial charge is 0.125 e. The molecular formula is C14H21NO2. The van der Waals surface area contributed by atoms with Gasteiger partial charge in [-0.2, -0.15) is 0 Å². The Hall–Kier alpha value is -1.06. The van der Waals surface area contributed by atoms with E-state index in [1.165, 1.54) is 0 Å². The van der Waals surface area contributed by atoms with Crippen LogP contribution in [-0.2, 0) is 5.60 Å². The van der Waals surface area contributed by atoms with E-state index in [4.69, 9.17) is 10.5 Å². The third-order valence-electron chi connectivity index (χ3n) is 3.28. The maximum absolute atomic E-state index is 10.7. The molecule has 0 saturated heterocycles. The molecule has 1 fully saturated rings. The largest absolute Gasteiger partial charge is 0.491 e. The van der Waals surface area contributed by atoms with Crippen molar-refractivity contribution in [1.82, 2.24) is 0 Å². The van der Waals surface area contributed by atoms with Crippen LogP contribution in [0.15, 0.2) is 24.3 Å². The second-order valence-corrected chi connectivity index (χ2v) is 5.07. The predicted octanol–water partition coefficient (Wildman–Crippen LogP) is 2.03. The summed E-state index contributed by atoms with van der Waals surface area (Å²) < 4.78 is 5.76. The highest BCUT2D eigenvalue weighted by atomic mass is 16.5. The van der Waals surface area contributed by atoms with Crippen molar-refractivity contribution in [2.24, 2.45) is 11.7 Å². The molecule has 1 aromatic carbocycles. The second kappa shape index (κ2) is 4.67. The molecule has 94 valence electrons. The molecule has 0 aliphatic heterocycles. The Morgan fingerprint density at radius 1 is 1.41 bits per heavy atom. The molecule has 3 nitrogen and oxygen atoms in total. The fraction of sp³-hybridized carbons (Fsp3) is 0.571. The number of para-hydroxylation sites is 1. The Balaban J connectivity index is 2.35.